The normalized spacial score (nSPS) is 10.6. The van der Waals surface area contributed by atoms with Gasteiger partial charge in [-0.05, 0) is 0 Å². The molecule has 0 atom stereocenters. The van der Waals surface area contributed by atoms with Gasteiger partial charge >= 0.3 is 5.69 Å². The van der Waals surface area contributed by atoms with Crippen molar-refractivity contribution in [2.45, 2.75) is 13.0 Å². The molecule has 0 saturated heterocycles. The predicted octanol–water partition coefficient (Wildman–Crippen LogP) is 1.39. The third-order valence-corrected chi connectivity index (χ3v) is 1.96. The van der Waals surface area contributed by atoms with Gasteiger partial charge in [0.2, 0.25) is 0 Å². The number of nitrogens with two attached hydrogens (primary N) is 1. The molecule has 0 radical (unpaired) electrons. The Kier molecular flexibility index (Phi) is 3.67. The molecule has 2 N–H and O–H groups in total. The molecule has 6 nitrogen and oxygen atoms in total. The van der Waals surface area contributed by atoms with Gasteiger partial charge in [0.1, 0.15) is 5.56 Å². The second-order valence-corrected chi connectivity index (χ2v) is 2.82. The summed E-state index contributed by atoms with van der Waals surface area (Å²) in [4.78, 5) is 13.3. The molecule has 0 saturated carbocycles. The first kappa shape index (κ1) is 12.2. The highest BCUT2D eigenvalue weighted by molar-refractivity contribution is 5.52. The monoisotopic (exact) mass is 233 g/mol. The Bertz CT molecular complexity index is 412. The number of alkyl halides is 2. The molecule has 0 unspecified atom stereocenters. The van der Waals surface area contributed by atoms with E-state index >= 15 is 0 Å². The number of pyridine rings is 1. The van der Waals surface area contributed by atoms with Crippen molar-refractivity contribution in [1.29, 1.82) is 0 Å². The number of halogens is 2. The molecule has 0 aliphatic heterocycles. The summed E-state index contributed by atoms with van der Waals surface area (Å²) in [5.41, 5.74) is 3.58. The van der Waals surface area contributed by atoms with Crippen LogP contribution in [0.4, 0.5) is 14.5 Å². The Morgan fingerprint density at radius 2 is 2.31 bits per heavy atom. The number of nitro groups is 1. The summed E-state index contributed by atoms with van der Waals surface area (Å²) in [5, 5.41) is 10.7. The van der Waals surface area contributed by atoms with E-state index in [2.05, 4.69) is 9.72 Å². The summed E-state index contributed by atoms with van der Waals surface area (Å²) in [6.07, 6.45) is -1.95. The minimum absolute atomic E-state index is 0.0671. The summed E-state index contributed by atoms with van der Waals surface area (Å²) in [5.74, 6) is -0.447. The minimum Gasteiger partial charge on any atom is -0.476 e. The van der Waals surface area contributed by atoms with E-state index in [1.54, 1.807) is 0 Å². The lowest BCUT2D eigenvalue weighted by atomic mass is 10.1. The largest absolute Gasteiger partial charge is 0.476 e. The summed E-state index contributed by atoms with van der Waals surface area (Å²) in [7, 11) is 1.12. The molecular weight excluding hydrogens is 224 g/mol. The number of hydrogen-bond donors (Lipinski definition) is 1. The molecule has 8 heteroatoms. The Labute approximate surface area is 89.2 Å². The molecule has 1 aromatic rings. The van der Waals surface area contributed by atoms with Crippen molar-refractivity contribution in [3.8, 4) is 5.88 Å². The fourth-order valence-corrected chi connectivity index (χ4v) is 1.27. The molecule has 88 valence electrons. The van der Waals surface area contributed by atoms with Crippen LogP contribution >= 0.6 is 0 Å². The van der Waals surface area contributed by atoms with Crippen LogP contribution in [-0.4, -0.2) is 17.0 Å². The van der Waals surface area contributed by atoms with Crippen LogP contribution in [0.25, 0.3) is 0 Å². The van der Waals surface area contributed by atoms with Crippen LogP contribution < -0.4 is 10.5 Å². The third kappa shape index (κ3) is 2.06. The van der Waals surface area contributed by atoms with Crippen molar-refractivity contribution in [3.05, 3.63) is 27.4 Å². The average molecular weight is 233 g/mol. The molecule has 1 rings (SSSR count). The zero-order chi connectivity index (χ0) is 12.3. The first-order valence-corrected chi connectivity index (χ1v) is 4.21. The van der Waals surface area contributed by atoms with Gasteiger partial charge in [-0.3, -0.25) is 10.1 Å². The van der Waals surface area contributed by atoms with E-state index in [1.165, 1.54) is 0 Å². The van der Waals surface area contributed by atoms with E-state index in [9.17, 15) is 18.9 Å². The van der Waals surface area contributed by atoms with Crippen LogP contribution in [-0.2, 0) is 6.54 Å². The zero-order valence-corrected chi connectivity index (χ0v) is 8.31. The van der Waals surface area contributed by atoms with Gasteiger partial charge in [-0.2, -0.15) is 0 Å². The molecule has 0 fully saturated rings. The zero-order valence-electron chi connectivity index (χ0n) is 8.31. The number of rotatable bonds is 4. The standard InChI is InChI=1S/C8H9F2N3O3/c1-16-8-6(13(14)15)5(7(9)10)4(2-11)3-12-8/h3,7H,2,11H2,1H3. The van der Waals surface area contributed by atoms with Crippen molar-refractivity contribution in [2.75, 3.05) is 7.11 Å². The van der Waals surface area contributed by atoms with E-state index < -0.39 is 28.5 Å². The molecule has 0 aliphatic rings. The first-order chi connectivity index (χ1) is 7.52. The molecule has 16 heavy (non-hydrogen) atoms. The van der Waals surface area contributed by atoms with Crippen molar-refractivity contribution in [1.82, 2.24) is 4.98 Å². The van der Waals surface area contributed by atoms with Crippen molar-refractivity contribution in [3.63, 3.8) is 0 Å². The van der Waals surface area contributed by atoms with Gasteiger partial charge in [0.25, 0.3) is 12.3 Å². The van der Waals surface area contributed by atoms with Crippen LogP contribution in [0.3, 0.4) is 0 Å². The minimum atomic E-state index is -3.00. The number of nitrogens with zero attached hydrogens (tertiary/aromatic N) is 2. The second kappa shape index (κ2) is 4.79. The van der Waals surface area contributed by atoms with Crippen LogP contribution in [0.15, 0.2) is 6.20 Å². The molecule has 0 bridgehead atoms. The van der Waals surface area contributed by atoms with Gasteiger partial charge in [0.15, 0.2) is 0 Å². The van der Waals surface area contributed by atoms with Crippen molar-refractivity contribution < 1.29 is 18.4 Å². The maximum absolute atomic E-state index is 12.7. The molecule has 0 aliphatic carbocycles. The Balaban J connectivity index is 3.53. The lowest BCUT2D eigenvalue weighted by Gasteiger charge is -2.09. The molecule has 0 aromatic carbocycles. The average Bonchev–Trinajstić information content (AvgIpc) is 2.26. The van der Waals surface area contributed by atoms with Gasteiger partial charge in [0, 0.05) is 18.3 Å². The van der Waals surface area contributed by atoms with Gasteiger partial charge in [0.05, 0.1) is 12.0 Å². The maximum atomic E-state index is 12.7. The van der Waals surface area contributed by atoms with E-state index in [0.717, 1.165) is 13.3 Å². The number of hydrogen-bond acceptors (Lipinski definition) is 5. The Hall–Kier alpha value is -1.83. The van der Waals surface area contributed by atoms with Gasteiger partial charge in [-0.25, -0.2) is 13.8 Å². The van der Waals surface area contributed by atoms with Crippen LogP contribution in [0.1, 0.15) is 17.6 Å². The van der Waals surface area contributed by atoms with Gasteiger partial charge < -0.3 is 10.5 Å². The Morgan fingerprint density at radius 1 is 1.69 bits per heavy atom. The van der Waals surface area contributed by atoms with Gasteiger partial charge in [-0.15, -0.1) is 0 Å². The third-order valence-electron chi connectivity index (χ3n) is 1.96. The number of ether oxygens (including phenoxy) is 1. The first-order valence-electron chi connectivity index (χ1n) is 4.21. The van der Waals surface area contributed by atoms with Gasteiger partial charge in [-0.1, -0.05) is 0 Å². The number of aromatic nitrogens is 1. The second-order valence-electron chi connectivity index (χ2n) is 2.82. The SMILES string of the molecule is COc1ncc(CN)c(C(F)F)c1[N+](=O)[O-]. The Morgan fingerprint density at radius 3 is 2.69 bits per heavy atom. The highest BCUT2D eigenvalue weighted by Gasteiger charge is 2.30. The predicted molar refractivity (Wildman–Crippen MR) is 50.3 cm³/mol. The lowest BCUT2D eigenvalue weighted by molar-refractivity contribution is -0.387. The summed E-state index contributed by atoms with van der Waals surface area (Å²) in [6, 6.07) is 0. The molecule has 1 heterocycles. The van der Waals surface area contributed by atoms with Crippen LogP contribution in [0.2, 0.25) is 0 Å². The fraction of sp³-hybridized carbons (Fsp3) is 0.375. The summed E-state index contributed by atoms with van der Waals surface area (Å²) < 4.78 is 30.0. The molecule has 0 spiro atoms. The van der Waals surface area contributed by atoms with E-state index in [1.807, 2.05) is 0 Å². The maximum Gasteiger partial charge on any atom is 0.340 e. The molecule has 0 amide bonds. The smallest absolute Gasteiger partial charge is 0.340 e. The summed E-state index contributed by atoms with van der Waals surface area (Å²) in [6.45, 7) is -0.252. The molecule has 1 aromatic heterocycles. The van der Waals surface area contributed by atoms with E-state index in [-0.39, 0.29) is 12.1 Å². The van der Waals surface area contributed by atoms with Crippen LogP contribution in [0, 0.1) is 10.1 Å². The molecular formula is C8H9F2N3O3. The van der Waals surface area contributed by atoms with E-state index in [4.69, 9.17) is 5.73 Å². The quantitative estimate of drug-likeness (QED) is 0.626. The van der Waals surface area contributed by atoms with Crippen molar-refractivity contribution in [2.24, 2.45) is 5.73 Å². The van der Waals surface area contributed by atoms with Crippen molar-refractivity contribution >= 4 is 5.69 Å². The summed E-state index contributed by atoms with van der Waals surface area (Å²) >= 11 is 0. The highest BCUT2D eigenvalue weighted by atomic mass is 19.3. The topological polar surface area (TPSA) is 91.3 Å². The van der Waals surface area contributed by atoms with E-state index in [0.29, 0.717) is 0 Å². The van der Waals surface area contributed by atoms with Crippen LogP contribution in [0.5, 0.6) is 5.88 Å². The highest BCUT2D eigenvalue weighted by Crippen LogP contribution is 2.37. The number of methoxy groups -OCH3 is 1. The lowest BCUT2D eigenvalue weighted by Crippen LogP contribution is -2.08. The fourth-order valence-electron chi connectivity index (χ4n) is 1.27.